The minimum atomic E-state index is -0.269. The Morgan fingerprint density at radius 2 is 1.50 bits per heavy atom. The number of hydrogen-bond donors (Lipinski definition) is 1. The number of halogens is 1. The topological polar surface area (TPSA) is 100 Å². The molecule has 0 aliphatic heterocycles. The van der Waals surface area contributed by atoms with E-state index in [2.05, 4.69) is 9.97 Å². The van der Waals surface area contributed by atoms with Crippen LogP contribution in [0.5, 0.6) is 11.5 Å². The molecule has 8 heteroatoms. The third-order valence-corrected chi connectivity index (χ3v) is 5.38. The first-order valence-electron chi connectivity index (χ1n) is 10.9. The molecule has 0 amide bonds. The van der Waals surface area contributed by atoms with E-state index in [0.717, 1.165) is 22.6 Å². The maximum absolute atomic E-state index is 12.6. The molecule has 2 aromatic carbocycles. The van der Waals surface area contributed by atoms with Crippen LogP contribution >= 0.6 is 11.6 Å². The van der Waals surface area contributed by atoms with Gasteiger partial charge in [0.1, 0.15) is 23.6 Å². The number of nitrogens with zero attached hydrogens (tertiary/aromatic N) is 3. The quantitative estimate of drug-likeness (QED) is 0.344. The molecule has 34 heavy (non-hydrogen) atoms. The zero-order valence-corrected chi connectivity index (χ0v) is 20.3. The summed E-state index contributed by atoms with van der Waals surface area (Å²) in [6, 6.07) is 17.2. The molecule has 2 N–H and O–H groups in total. The smallest absolute Gasteiger partial charge is 0.234 e. The maximum Gasteiger partial charge on any atom is 0.234 e. The van der Waals surface area contributed by atoms with E-state index in [-0.39, 0.29) is 23.0 Å². The molecule has 0 saturated heterocycles. The lowest BCUT2D eigenvalue weighted by Crippen LogP contribution is -2.16. The molecule has 4 aromatic rings. The van der Waals surface area contributed by atoms with E-state index in [0.29, 0.717) is 16.9 Å². The van der Waals surface area contributed by atoms with Gasteiger partial charge in [0.2, 0.25) is 11.1 Å². The molecule has 0 radical (unpaired) electrons. The average Bonchev–Trinajstić information content (AvgIpc) is 3.21. The molecule has 7 nitrogen and oxygen atoms in total. The van der Waals surface area contributed by atoms with Crippen LogP contribution in [0.3, 0.4) is 0 Å². The molecule has 0 spiro atoms. The highest BCUT2D eigenvalue weighted by Crippen LogP contribution is 2.34. The van der Waals surface area contributed by atoms with Crippen molar-refractivity contribution in [2.75, 3.05) is 5.73 Å². The van der Waals surface area contributed by atoms with Crippen LogP contribution in [0, 0.1) is 11.8 Å². The van der Waals surface area contributed by atoms with Gasteiger partial charge in [-0.3, -0.25) is 14.2 Å². The van der Waals surface area contributed by atoms with Crippen LogP contribution in [0.4, 0.5) is 5.82 Å². The van der Waals surface area contributed by atoms with Crippen molar-refractivity contribution >= 4 is 39.6 Å². The Morgan fingerprint density at radius 1 is 0.912 bits per heavy atom. The predicted molar refractivity (Wildman–Crippen MR) is 135 cm³/mol. The van der Waals surface area contributed by atoms with Gasteiger partial charge in [-0.25, -0.2) is 9.97 Å². The fraction of sp³-hybridized carbons (Fsp3) is 0.231. The first-order chi connectivity index (χ1) is 16.2. The second kappa shape index (κ2) is 10.9. The van der Waals surface area contributed by atoms with Crippen molar-refractivity contribution < 1.29 is 14.3 Å². The van der Waals surface area contributed by atoms with Gasteiger partial charge in [-0.05, 0) is 41.4 Å². The molecule has 0 unspecified atom stereocenters. The SMILES string of the molecule is CC(C)C(=O)Cl.CC(C)C(=O)n1cc(-c2ccc(Oc3ccccc3)cc2)c2c(N)ncnc21. The Labute approximate surface area is 203 Å². The highest BCUT2D eigenvalue weighted by atomic mass is 35.5. The minimum absolute atomic E-state index is 0.0216. The van der Waals surface area contributed by atoms with Gasteiger partial charge < -0.3 is 10.5 Å². The zero-order chi connectivity index (χ0) is 24.8. The van der Waals surface area contributed by atoms with E-state index >= 15 is 0 Å². The number of para-hydroxylation sites is 1. The summed E-state index contributed by atoms with van der Waals surface area (Å²) in [6.07, 6.45) is 3.16. The molecule has 0 saturated carbocycles. The highest BCUT2D eigenvalue weighted by molar-refractivity contribution is 6.63. The molecule has 0 aliphatic carbocycles. The van der Waals surface area contributed by atoms with Crippen LogP contribution < -0.4 is 10.5 Å². The number of anilines is 1. The van der Waals surface area contributed by atoms with Gasteiger partial charge in [0, 0.05) is 23.6 Å². The van der Waals surface area contributed by atoms with Gasteiger partial charge >= 0.3 is 0 Å². The Balaban J connectivity index is 0.000000481. The monoisotopic (exact) mass is 478 g/mol. The van der Waals surface area contributed by atoms with Crippen LogP contribution in [0.25, 0.3) is 22.2 Å². The van der Waals surface area contributed by atoms with Crippen LogP contribution in [-0.4, -0.2) is 25.7 Å². The van der Waals surface area contributed by atoms with E-state index in [9.17, 15) is 9.59 Å². The molecule has 2 heterocycles. The maximum atomic E-state index is 12.6. The lowest BCUT2D eigenvalue weighted by molar-refractivity contribution is -0.114. The number of nitrogen functional groups attached to an aromatic ring is 1. The standard InChI is InChI=1S/C22H20N4O2.C4H7ClO/c1-14(2)22(27)26-12-18(19-20(23)24-13-25-21(19)26)15-8-10-17(11-9-15)28-16-6-4-3-5-7-16;1-3(2)4(5)6/h3-14H,1-2H3,(H2,23,24,25);3H,1-2H3. The van der Waals surface area contributed by atoms with Gasteiger partial charge in [-0.2, -0.15) is 0 Å². The molecular weight excluding hydrogens is 452 g/mol. The zero-order valence-electron chi connectivity index (χ0n) is 19.5. The Hall–Kier alpha value is -3.71. The number of aromatic nitrogens is 3. The lowest BCUT2D eigenvalue weighted by Gasteiger charge is -2.06. The summed E-state index contributed by atoms with van der Waals surface area (Å²) in [5.74, 6) is 1.61. The van der Waals surface area contributed by atoms with E-state index in [1.165, 1.54) is 6.33 Å². The van der Waals surface area contributed by atoms with E-state index in [4.69, 9.17) is 22.1 Å². The van der Waals surface area contributed by atoms with Gasteiger partial charge in [0.15, 0.2) is 5.65 Å². The average molecular weight is 479 g/mol. The molecule has 4 rings (SSSR count). The summed E-state index contributed by atoms with van der Waals surface area (Å²) < 4.78 is 7.40. The second-order valence-electron chi connectivity index (χ2n) is 8.26. The Morgan fingerprint density at radius 3 is 2.06 bits per heavy atom. The summed E-state index contributed by atoms with van der Waals surface area (Å²) in [6.45, 7) is 7.23. The van der Waals surface area contributed by atoms with Gasteiger partial charge in [-0.1, -0.05) is 58.0 Å². The normalized spacial score (nSPS) is 10.8. The molecular formula is C26H27ClN4O3. The summed E-state index contributed by atoms with van der Waals surface area (Å²) in [4.78, 5) is 30.9. The third kappa shape index (κ3) is 5.80. The fourth-order valence-electron chi connectivity index (χ4n) is 3.08. The summed E-state index contributed by atoms with van der Waals surface area (Å²) in [5.41, 5.74) is 8.35. The van der Waals surface area contributed by atoms with E-state index in [1.54, 1.807) is 24.6 Å². The molecule has 0 bridgehead atoms. The first kappa shape index (κ1) is 24.9. The van der Waals surface area contributed by atoms with Gasteiger partial charge in [-0.15, -0.1) is 0 Å². The number of benzene rings is 2. The number of hydrogen-bond acceptors (Lipinski definition) is 6. The number of rotatable bonds is 5. The van der Waals surface area contributed by atoms with Crippen molar-refractivity contribution in [1.82, 2.24) is 14.5 Å². The highest BCUT2D eigenvalue weighted by Gasteiger charge is 2.20. The Kier molecular flexibility index (Phi) is 8.02. The Bertz CT molecular complexity index is 1280. The van der Waals surface area contributed by atoms with Crippen molar-refractivity contribution in [3.8, 4) is 22.6 Å². The first-order valence-corrected chi connectivity index (χ1v) is 11.2. The number of nitrogens with two attached hydrogens (primary N) is 1. The minimum Gasteiger partial charge on any atom is -0.457 e. The van der Waals surface area contributed by atoms with Gasteiger partial charge in [0.25, 0.3) is 0 Å². The van der Waals surface area contributed by atoms with Crippen molar-refractivity contribution in [2.45, 2.75) is 27.7 Å². The van der Waals surface area contributed by atoms with Crippen molar-refractivity contribution in [1.29, 1.82) is 0 Å². The second-order valence-corrected chi connectivity index (χ2v) is 8.63. The molecule has 0 atom stereocenters. The lowest BCUT2D eigenvalue weighted by atomic mass is 10.1. The largest absolute Gasteiger partial charge is 0.457 e. The number of ether oxygens (including phenoxy) is 1. The van der Waals surface area contributed by atoms with E-state index in [1.807, 2.05) is 68.4 Å². The van der Waals surface area contributed by atoms with E-state index < -0.39 is 0 Å². The van der Waals surface area contributed by atoms with Crippen molar-refractivity contribution in [2.24, 2.45) is 11.8 Å². The van der Waals surface area contributed by atoms with Crippen molar-refractivity contribution in [3.05, 3.63) is 67.1 Å². The van der Waals surface area contributed by atoms with Crippen LogP contribution in [0.15, 0.2) is 67.1 Å². The van der Waals surface area contributed by atoms with Crippen LogP contribution in [-0.2, 0) is 4.79 Å². The number of carbonyl (C=O) groups is 2. The molecule has 0 fully saturated rings. The summed E-state index contributed by atoms with van der Waals surface area (Å²) in [5, 5.41) is 0.406. The fourth-order valence-corrected chi connectivity index (χ4v) is 3.08. The van der Waals surface area contributed by atoms with Gasteiger partial charge in [0.05, 0.1) is 5.39 Å². The summed E-state index contributed by atoms with van der Waals surface area (Å²) >= 11 is 4.97. The van der Waals surface area contributed by atoms with Crippen molar-refractivity contribution in [3.63, 3.8) is 0 Å². The molecule has 2 aromatic heterocycles. The summed E-state index contributed by atoms with van der Waals surface area (Å²) in [7, 11) is 0. The molecule has 0 aliphatic rings. The molecule has 176 valence electrons. The van der Waals surface area contributed by atoms with Crippen LogP contribution in [0.2, 0.25) is 0 Å². The van der Waals surface area contributed by atoms with Crippen LogP contribution in [0.1, 0.15) is 32.5 Å². The number of carbonyl (C=O) groups excluding carboxylic acids is 2. The third-order valence-electron chi connectivity index (χ3n) is 4.94. The number of fused-ring (bicyclic) bond motifs is 1. The predicted octanol–water partition coefficient (Wildman–Crippen LogP) is 6.18.